The van der Waals surface area contributed by atoms with Crippen LogP contribution in [-0.4, -0.2) is 16.4 Å². The van der Waals surface area contributed by atoms with Gasteiger partial charge in [0.25, 0.3) is 0 Å². The number of amides is 1. The van der Waals surface area contributed by atoms with Gasteiger partial charge < -0.3 is 10.4 Å². The van der Waals surface area contributed by atoms with Crippen LogP contribution >= 0.6 is 11.6 Å². The van der Waals surface area contributed by atoms with E-state index >= 15 is 0 Å². The summed E-state index contributed by atoms with van der Waals surface area (Å²) in [6.45, 7) is 1.56. The van der Waals surface area contributed by atoms with Gasteiger partial charge in [-0.05, 0) is 24.6 Å². The Labute approximate surface area is 87.7 Å². The summed E-state index contributed by atoms with van der Waals surface area (Å²) in [5.41, 5.74) is 1.40. The van der Waals surface area contributed by atoms with Gasteiger partial charge >= 0.3 is 0 Å². The van der Waals surface area contributed by atoms with Crippen molar-refractivity contribution < 1.29 is 9.90 Å². The second-order valence-electron chi connectivity index (χ2n) is 2.96. The van der Waals surface area contributed by atoms with E-state index in [1.165, 1.54) is 0 Å². The lowest BCUT2D eigenvalue weighted by Gasteiger charge is -2.07. The van der Waals surface area contributed by atoms with Crippen molar-refractivity contribution in [2.24, 2.45) is 0 Å². The number of nitrogens with one attached hydrogen (secondary N) is 1. The molecule has 4 heteroatoms. The molecule has 0 aliphatic carbocycles. The first-order valence-electron chi connectivity index (χ1n) is 4.28. The lowest BCUT2D eigenvalue weighted by Crippen LogP contribution is -2.20. The van der Waals surface area contributed by atoms with Crippen LogP contribution in [0.1, 0.15) is 12.5 Å². The van der Waals surface area contributed by atoms with Crippen molar-refractivity contribution in [3.63, 3.8) is 0 Å². The van der Waals surface area contributed by atoms with Crippen molar-refractivity contribution in [3.8, 4) is 0 Å². The Morgan fingerprint density at radius 1 is 1.64 bits per heavy atom. The Balaban J connectivity index is 2.72. The summed E-state index contributed by atoms with van der Waals surface area (Å²) in [6.07, 6.45) is 0. The Hall–Kier alpha value is -1.06. The molecule has 1 rings (SSSR count). The van der Waals surface area contributed by atoms with Gasteiger partial charge in [0.15, 0.2) is 0 Å². The van der Waals surface area contributed by atoms with Crippen molar-refractivity contribution in [1.29, 1.82) is 0 Å². The zero-order valence-electron chi connectivity index (χ0n) is 7.83. The molecule has 0 aliphatic rings. The van der Waals surface area contributed by atoms with E-state index in [1.54, 1.807) is 31.2 Å². The molecule has 76 valence electrons. The highest BCUT2D eigenvalue weighted by Crippen LogP contribution is 2.11. The monoisotopic (exact) mass is 213 g/mol. The smallest absolute Gasteiger partial charge is 0.242 e. The largest absolute Gasteiger partial charge is 0.392 e. The number of halogens is 1. The zero-order chi connectivity index (χ0) is 10.6. The van der Waals surface area contributed by atoms with Crippen molar-refractivity contribution in [2.45, 2.75) is 18.9 Å². The highest BCUT2D eigenvalue weighted by Gasteiger charge is 2.08. The first kappa shape index (κ1) is 11.0. The molecule has 0 aromatic heterocycles. The number of carbonyl (C=O) groups excluding carboxylic acids is 1. The van der Waals surface area contributed by atoms with Crippen LogP contribution in [0.2, 0.25) is 0 Å². The van der Waals surface area contributed by atoms with Gasteiger partial charge in [-0.25, -0.2) is 0 Å². The molecule has 3 nitrogen and oxygen atoms in total. The standard InChI is InChI=1S/C10H12ClNO2/c1-7(11)10(14)12-9-4-2-3-8(5-9)6-13/h2-5,7,13H,6H2,1H3,(H,12,14). The SMILES string of the molecule is CC(Cl)C(=O)Nc1cccc(CO)c1. The molecule has 1 aromatic rings. The average molecular weight is 214 g/mol. The maximum absolute atomic E-state index is 11.2. The molecule has 0 saturated carbocycles. The molecule has 0 fully saturated rings. The van der Waals surface area contributed by atoms with Gasteiger partial charge in [-0.1, -0.05) is 12.1 Å². The molecule has 0 saturated heterocycles. The fourth-order valence-corrected chi connectivity index (χ4v) is 1.04. The average Bonchev–Trinajstić information content (AvgIpc) is 2.18. The van der Waals surface area contributed by atoms with Crippen LogP contribution < -0.4 is 5.32 Å². The number of benzene rings is 1. The third-order valence-corrected chi connectivity index (χ3v) is 1.94. The topological polar surface area (TPSA) is 49.3 Å². The summed E-state index contributed by atoms with van der Waals surface area (Å²) in [4.78, 5) is 11.2. The fourth-order valence-electron chi connectivity index (χ4n) is 0.989. The molecule has 1 amide bonds. The maximum atomic E-state index is 11.2. The highest BCUT2D eigenvalue weighted by molar-refractivity contribution is 6.32. The van der Waals surface area contributed by atoms with E-state index < -0.39 is 5.38 Å². The maximum Gasteiger partial charge on any atom is 0.242 e. The number of anilines is 1. The van der Waals surface area contributed by atoms with E-state index in [0.29, 0.717) is 5.69 Å². The van der Waals surface area contributed by atoms with E-state index in [2.05, 4.69) is 5.32 Å². The van der Waals surface area contributed by atoms with E-state index in [4.69, 9.17) is 16.7 Å². The summed E-state index contributed by atoms with van der Waals surface area (Å²) in [5.74, 6) is -0.248. The fraction of sp³-hybridized carbons (Fsp3) is 0.300. The van der Waals surface area contributed by atoms with Gasteiger partial charge in [0.2, 0.25) is 5.91 Å². The van der Waals surface area contributed by atoms with Crippen LogP contribution in [0.3, 0.4) is 0 Å². The molecule has 2 N–H and O–H groups in total. The van der Waals surface area contributed by atoms with Gasteiger partial charge in [0.05, 0.1) is 6.61 Å². The minimum Gasteiger partial charge on any atom is -0.392 e. The lowest BCUT2D eigenvalue weighted by molar-refractivity contribution is -0.115. The van der Waals surface area contributed by atoms with E-state index in [1.807, 2.05) is 0 Å². The van der Waals surface area contributed by atoms with E-state index in [-0.39, 0.29) is 12.5 Å². The Morgan fingerprint density at radius 2 is 2.36 bits per heavy atom. The molecular weight excluding hydrogens is 202 g/mol. The van der Waals surface area contributed by atoms with Gasteiger partial charge in [-0.15, -0.1) is 11.6 Å². The number of carbonyl (C=O) groups is 1. The predicted molar refractivity (Wildman–Crippen MR) is 56.3 cm³/mol. The minimum absolute atomic E-state index is 0.0415. The predicted octanol–water partition coefficient (Wildman–Crippen LogP) is 1.74. The summed E-state index contributed by atoms with van der Waals surface area (Å²) >= 11 is 5.59. The van der Waals surface area contributed by atoms with Gasteiger partial charge in [-0.3, -0.25) is 4.79 Å². The van der Waals surface area contributed by atoms with Gasteiger partial charge in [-0.2, -0.15) is 0 Å². The summed E-state index contributed by atoms with van der Waals surface area (Å²) < 4.78 is 0. The number of alkyl halides is 1. The number of aliphatic hydroxyl groups excluding tert-OH is 1. The Kier molecular flexibility index (Phi) is 3.92. The molecule has 1 aromatic carbocycles. The second kappa shape index (κ2) is 4.98. The number of rotatable bonds is 3. The lowest BCUT2D eigenvalue weighted by atomic mass is 10.2. The minimum atomic E-state index is -0.562. The normalized spacial score (nSPS) is 12.2. The molecule has 1 unspecified atom stereocenters. The Bertz CT molecular complexity index is 326. The van der Waals surface area contributed by atoms with Crippen LogP contribution in [-0.2, 0) is 11.4 Å². The third kappa shape index (κ3) is 3.01. The molecule has 1 atom stereocenters. The molecule has 0 aliphatic heterocycles. The number of hydrogen-bond donors (Lipinski definition) is 2. The van der Waals surface area contributed by atoms with Crippen LogP contribution in [0.15, 0.2) is 24.3 Å². The number of aliphatic hydroxyl groups is 1. The molecule has 0 spiro atoms. The molecular formula is C10H12ClNO2. The summed E-state index contributed by atoms with van der Waals surface area (Å²) in [5, 5.41) is 10.9. The quantitative estimate of drug-likeness (QED) is 0.752. The summed E-state index contributed by atoms with van der Waals surface area (Å²) in [6, 6.07) is 6.99. The zero-order valence-corrected chi connectivity index (χ0v) is 8.58. The van der Waals surface area contributed by atoms with Crippen LogP contribution in [0, 0.1) is 0 Å². The number of hydrogen-bond acceptors (Lipinski definition) is 2. The second-order valence-corrected chi connectivity index (χ2v) is 3.62. The highest BCUT2D eigenvalue weighted by atomic mass is 35.5. The molecule has 0 radical (unpaired) electrons. The Morgan fingerprint density at radius 3 is 2.93 bits per heavy atom. The van der Waals surface area contributed by atoms with E-state index in [9.17, 15) is 4.79 Å². The van der Waals surface area contributed by atoms with Crippen molar-refractivity contribution in [1.82, 2.24) is 0 Å². The third-order valence-electron chi connectivity index (χ3n) is 1.74. The first-order valence-corrected chi connectivity index (χ1v) is 4.72. The summed E-state index contributed by atoms with van der Waals surface area (Å²) in [7, 11) is 0. The van der Waals surface area contributed by atoms with Crippen LogP contribution in [0.4, 0.5) is 5.69 Å². The van der Waals surface area contributed by atoms with E-state index in [0.717, 1.165) is 5.56 Å². The first-order chi connectivity index (χ1) is 6.63. The molecule has 0 heterocycles. The van der Waals surface area contributed by atoms with Gasteiger partial charge in [0, 0.05) is 5.69 Å². The molecule has 0 bridgehead atoms. The molecule has 14 heavy (non-hydrogen) atoms. The van der Waals surface area contributed by atoms with Gasteiger partial charge in [0.1, 0.15) is 5.38 Å². The van der Waals surface area contributed by atoms with Crippen molar-refractivity contribution in [2.75, 3.05) is 5.32 Å². The van der Waals surface area contributed by atoms with Crippen molar-refractivity contribution in [3.05, 3.63) is 29.8 Å². The van der Waals surface area contributed by atoms with Crippen LogP contribution in [0.5, 0.6) is 0 Å². The van der Waals surface area contributed by atoms with Crippen LogP contribution in [0.25, 0.3) is 0 Å². The van der Waals surface area contributed by atoms with Crippen molar-refractivity contribution >= 4 is 23.2 Å².